The topological polar surface area (TPSA) is 27.1 Å². The standard InChI is InChI=1S/C10H12N2O.C2H6/c1-13-10-4-2-9(3-5-10)12-7-6-11-8-12;1-2/h2,4,6-8H,3,5H2,1H3;1-2H3. The molecule has 0 fully saturated rings. The molecule has 1 aliphatic carbocycles. The first-order valence-electron chi connectivity index (χ1n) is 5.32. The highest BCUT2D eigenvalue weighted by atomic mass is 16.5. The minimum absolute atomic E-state index is 0.973. The fourth-order valence-corrected chi connectivity index (χ4v) is 1.42. The number of ether oxygens (including phenoxy) is 1. The van der Waals surface area contributed by atoms with Crippen molar-refractivity contribution >= 4 is 5.70 Å². The van der Waals surface area contributed by atoms with Gasteiger partial charge in [0.25, 0.3) is 0 Å². The van der Waals surface area contributed by atoms with E-state index < -0.39 is 0 Å². The van der Waals surface area contributed by atoms with Crippen molar-refractivity contribution in [2.24, 2.45) is 0 Å². The van der Waals surface area contributed by atoms with Crippen LogP contribution in [0.25, 0.3) is 5.70 Å². The quantitative estimate of drug-likeness (QED) is 0.743. The monoisotopic (exact) mass is 206 g/mol. The van der Waals surface area contributed by atoms with E-state index in [2.05, 4.69) is 11.1 Å². The van der Waals surface area contributed by atoms with Gasteiger partial charge in [0, 0.05) is 24.5 Å². The van der Waals surface area contributed by atoms with E-state index in [-0.39, 0.29) is 0 Å². The number of hydrogen-bond donors (Lipinski definition) is 0. The smallest absolute Gasteiger partial charge is 0.0989 e. The van der Waals surface area contributed by atoms with Crippen molar-refractivity contribution in [1.82, 2.24) is 9.55 Å². The van der Waals surface area contributed by atoms with Crippen molar-refractivity contribution in [3.05, 3.63) is 36.6 Å². The second-order valence-corrected chi connectivity index (χ2v) is 2.97. The van der Waals surface area contributed by atoms with Gasteiger partial charge in [0.2, 0.25) is 0 Å². The van der Waals surface area contributed by atoms with Crippen LogP contribution >= 0.6 is 0 Å². The summed E-state index contributed by atoms with van der Waals surface area (Å²) in [4.78, 5) is 4.01. The molecule has 0 radical (unpaired) electrons. The molecule has 1 aromatic rings. The summed E-state index contributed by atoms with van der Waals surface area (Å²) in [5.41, 5.74) is 1.26. The van der Waals surface area contributed by atoms with Gasteiger partial charge in [0.15, 0.2) is 0 Å². The Labute approximate surface area is 91.1 Å². The van der Waals surface area contributed by atoms with Crippen LogP contribution in [-0.2, 0) is 4.74 Å². The van der Waals surface area contributed by atoms with E-state index in [9.17, 15) is 0 Å². The van der Waals surface area contributed by atoms with Crippen LogP contribution in [0, 0.1) is 0 Å². The molecule has 1 heterocycles. The molecule has 3 heteroatoms. The van der Waals surface area contributed by atoms with Gasteiger partial charge in [-0.05, 0) is 18.6 Å². The number of aromatic nitrogens is 2. The Morgan fingerprint density at radius 1 is 1.27 bits per heavy atom. The van der Waals surface area contributed by atoms with E-state index in [1.807, 2.05) is 37.0 Å². The van der Waals surface area contributed by atoms with Gasteiger partial charge >= 0.3 is 0 Å². The largest absolute Gasteiger partial charge is 0.501 e. The van der Waals surface area contributed by atoms with Crippen LogP contribution in [0.1, 0.15) is 26.7 Å². The number of allylic oxidation sites excluding steroid dienone is 4. The molecule has 2 rings (SSSR count). The zero-order chi connectivity index (χ0) is 11.1. The molecule has 15 heavy (non-hydrogen) atoms. The lowest BCUT2D eigenvalue weighted by Crippen LogP contribution is -1.99. The van der Waals surface area contributed by atoms with E-state index in [1.165, 1.54) is 5.70 Å². The first-order chi connectivity index (χ1) is 7.40. The molecule has 0 N–H and O–H groups in total. The Hall–Kier alpha value is -1.51. The highest BCUT2D eigenvalue weighted by Gasteiger charge is 2.06. The lowest BCUT2D eigenvalue weighted by molar-refractivity contribution is 0.277. The zero-order valence-electron chi connectivity index (χ0n) is 9.60. The van der Waals surface area contributed by atoms with E-state index in [0.29, 0.717) is 0 Å². The van der Waals surface area contributed by atoms with Crippen LogP contribution in [0.4, 0.5) is 0 Å². The maximum atomic E-state index is 5.15. The molecule has 0 spiro atoms. The molecule has 0 atom stereocenters. The second-order valence-electron chi connectivity index (χ2n) is 2.97. The average Bonchev–Trinajstić information content (AvgIpc) is 2.85. The van der Waals surface area contributed by atoms with Crippen LogP contribution < -0.4 is 0 Å². The van der Waals surface area contributed by atoms with Gasteiger partial charge in [-0.15, -0.1) is 0 Å². The molecule has 3 nitrogen and oxygen atoms in total. The van der Waals surface area contributed by atoms with Gasteiger partial charge in [0.05, 0.1) is 19.2 Å². The third-order valence-electron chi connectivity index (χ3n) is 2.19. The summed E-state index contributed by atoms with van der Waals surface area (Å²) >= 11 is 0. The Balaban J connectivity index is 0.000000531. The normalized spacial score (nSPS) is 14.6. The molecule has 0 amide bonds. The predicted molar refractivity (Wildman–Crippen MR) is 62.2 cm³/mol. The first kappa shape index (κ1) is 11.6. The molecular weight excluding hydrogens is 188 g/mol. The number of nitrogens with zero attached hydrogens (tertiary/aromatic N) is 2. The fourth-order valence-electron chi connectivity index (χ4n) is 1.42. The Bertz CT molecular complexity index is 337. The fraction of sp³-hybridized carbons (Fsp3) is 0.417. The van der Waals surface area contributed by atoms with E-state index in [4.69, 9.17) is 4.74 Å². The summed E-state index contributed by atoms with van der Waals surface area (Å²) in [6.07, 6.45) is 11.6. The maximum absolute atomic E-state index is 5.15. The van der Waals surface area contributed by atoms with Crippen molar-refractivity contribution in [2.45, 2.75) is 26.7 Å². The average molecular weight is 206 g/mol. The number of methoxy groups -OCH3 is 1. The highest BCUT2D eigenvalue weighted by Crippen LogP contribution is 2.21. The van der Waals surface area contributed by atoms with Gasteiger partial charge in [-0.1, -0.05) is 13.8 Å². The van der Waals surface area contributed by atoms with Crippen LogP contribution in [0.15, 0.2) is 36.6 Å². The summed E-state index contributed by atoms with van der Waals surface area (Å²) in [6.45, 7) is 4.00. The van der Waals surface area contributed by atoms with Gasteiger partial charge in [-0.3, -0.25) is 0 Å². The molecule has 82 valence electrons. The van der Waals surface area contributed by atoms with E-state index in [0.717, 1.165) is 18.6 Å². The van der Waals surface area contributed by atoms with Gasteiger partial charge < -0.3 is 9.30 Å². The third-order valence-corrected chi connectivity index (χ3v) is 2.19. The third kappa shape index (κ3) is 2.98. The van der Waals surface area contributed by atoms with E-state index >= 15 is 0 Å². The summed E-state index contributed by atoms with van der Waals surface area (Å²) in [7, 11) is 1.71. The number of rotatable bonds is 2. The lowest BCUT2D eigenvalue weighted by Gasteiger charge is -2.13. The summed E-state index contributed by atoms with van der Waals surface area (Å²) in [6, 6.07) is 0. The van der Waals surface area contributed by atoms with Crippen molar-refractivity contribution < 1.29 is 4.74 Å². The molecule has 1 aromatic heterocycles. The molecule has 0 unspecified atom stereocenters. The molecule has 0 aliphatic heterocycles. The zero-order valence-corrected chi connectivity index (χ0v) is 9.60. The number of imidazole rings is 1. The van der Waals surface area contributed by atoms with Crippen molar-refractivity contribution in [3.63, 3.8) is 0 Å². The highest BCUT2D eigenvalue weighted by molar-refractivity contribution is 5.50. The van der Waals surface area contributed by atoms with Crippen LogP contribution in [-0.4, -0.2) is 16.7 Å². The van der Waals surface area contributed by atoms with Crippen molar-refractivity contribution in [2.75, 3.05) is 7.11 Å². The van der Waals surface area contributed by atoms with Gasteiger partial charge in [0.1, 0.15) is 0 Å². The molecule has 1 aliphatic rings. The lowest BCUT2D eigenvalue weighted by atomic mass is 10.1. The summed E-state index contributed by atoms with van der Waals surface area (Å²) in [5, 5.41) is 0. The predicted octanol–water partition coefficient (Wildman–Crippen LogP) is 3.07. The molecule has 0 saturated carbocycles. The second kappa shape index (κ2) is 6.06. The molecule has 0 saturated heterocycles. The minimum Gasteiger partial charge on any atom is -0.501 e. The minimum atomic E-state index is 0.973. The van der Waals surface area contributed by atoms with Crippen molar-refractivity contribution in [3.8, 4) is 0 Å². The molecular formula is C12H18N2O. The Kier molecular flexibility index (Phi) is 4.68. The maximum Gasteiger partial charge on any atom is 0.0989 e. The van der Waals surface area contributed by atoms with Gasteiger partial charge in [-0.2, -0.15) is 0 Å². The van der Waals surface area contributed by atoms with Gasteiger partial charge in [-0.25, -0.2) is 4.98 Å². The first-order valence-corrected chi connectivity index (χ1v) is 5.32. The Morgan fingerprint density at radius 2 is 2.07 bits per heavy atom. The number of hydrogen-bond acceptors (Lipinski definition) is 2. The van der Waals surface area contributed by atoms with Crippen LogP contribution in [0.2, 0.25) is 0 Å². The SMILES string of the molecule is CC.COC1=CC=C(n2ccnc2)CC1. The Morgan fingerprint density at radius 3 is 2.53 bits per heavy atom. The van der Waals surface area contributed by atoms with Crippen LogP contribution in [0.5, 0.6) is 0 Å². The molecule has 0 aromatic carbocycles. The van der Waals surface area contributed by atoms with E-state index in [1.54, 1.807) is 13.3 Å². The summed E-state index contributed by atoms with van der Waals surface area (Å²) in [5.74, 6) is 1.05. The summed E-state index contributed by atoms with van der Waals surface area (Å²) < 4.78 is 7.18. The molecule has 0 bridgehead atoms. The van der Waals surface area contributed by atoms with Crippen molar-refractivity contribution in [1.29, 1.82) is 0 Å². The van der Waals surface area contributed by atoms with Crippen LogP contribution in [0.3, 0.4) is 0 Å².